The van der Waals surface area contributed by atoms with Gasteiger partial charge in [0.25, 0.3) is 0 Å². The minimum Gasteiger partial charge on any atom is -0.453 e. The number of rotatable bonds is 4. The normalized spacial score (nSPS) is 11.0. The van der Waals surface area contributed by atoms with Gasteiger partial charge in [0.15, 0.2) is 12.4 Å². The Labute approximate surface area is 141 Å². The third-order valence-corrected chi connectivity index (χ3v) is 4.76. The Bertz CT molecular complexity index is 905. The van der Waals surface area contributed by atoms with Crippen molar-refractivity contribution in [3.63, 3.8) is 0 Å². The highest BCUT2D eigenvalue weighted by molar-refractivity contribution is 7.20. The van der Waals surface area contributed by atoms with Crippen LogP contribution in [0.2, 0.25) is 0 Å². The highest BCUT2D eigenvalue weighted by Crippen LogP contribution is 2.26. The summed E-state index contributed by atoms with van der Waals surface area (Å²) in [6.07, 6.45) is 0. The Morgan fingerprint density at radius 3 is 2.50 bits per heavy atom. The minimum atomic E-state index is -0.499. The molecule has 2 aromatic heterocycles. The Morgan fingerprint density at radius 2 is 1.71 bits per heavy atom. The summed E-state index contributed by atoms with van der Waals surface area (Å²) in [5.41, 5.74) is 0.636. The highest BCUT2D eigenvalue weighted by atomic mass is 32.1. The van der Waals surface area contributed by atoms with Crippen molar-refractivity contribution >= 4 is 44.1 Å². The Morgan fingerprint density at radius 1 is 0.958 bits per heavy atom. The average Bonchev–Trinajstić information content (AvgIpc) is 3.23. The zero-order chi connectivity index (χ0) is 16.5. The van der Waals surface area contributed by atoms with Crippen molar-refractivity contribution in [1.29, 1.82) is 0 Å². The van der Waals surface area contributed by atoms with Crippen molar-refractivity contribution < 1.29 is 18.7 Å². The molecule has 0 radical (unpaired) electrons. The molecule has 0 amide bonds. The molecule has 0 bridgehead atoms. The standard InChI is InChI=1S/C19H12O4S/c20-14(16-9-12-5-1-3-7-15(12)23-16)11-22-19(21)18-10-13-6-2-4-8-17(13)24-18/h1-10H,11H2. The van der Waals surface area contributed by atoms with Crippen LogP contribution in [0.15, 0.2) is 65.1 Å². The van der Waals surface area contributed by atoms with Crippen LogP contribution in [-0.4, -0.2) is 18.4 Å². The van der Waals surface area contributed by atoms with Gasteiger partial charge in [-0.1, -0.05) is 36.4 Å². The van der Waals surface area contributed by atoms with Crippen molar-refractivity contribution in [2.45, 2.75) is 0 Å². The zero-order valence-electron chi connectivity index (χ0n) is 12.5. The summed E-state index contributed by atoms with van der Waals surface area (Å²) in [5, 5.41) is 1.83. The van der Waals surface area contributed by atoms with E-state index in [1.165, 1.54) is 11.3 Å². The number of thiophene rings is 1. The van der Waals surface area contributed by atoms with Crippen LogP contribution in [0.5, 0.6) is 0 Å². The Kier molecular flexibility index (Phi) is 3.63. The second-order valence-electron chi connectivity index (χ2n) is 5.30. The topological polar surface area (TPSA) is 56.5 Å². The smallest absolute Gasteiger partial charge is 0.348 e. The van der Waals surface area contributed by atoms with E-state index in [-0.39, 0.29) is 18.2 Å². The highest BCUT2D eigenvalue weighted by Gasteiger charge is 2.17. The number of fused-ring (bicyclic) bond motifs is 2. The molecule has 0 spiro atoms. The van der Waals surface area contributed by atoms with E-state index in [1.54, 1.807) is 18.2 Å². The third-order valence-electron chi connectivity index (χ3n) is 3.66. The molecule has 5 heteroatoms. The lowest BCUT2D eigenvalue weighted by atomic mass is 10.2. The summed E-state index contributed by atoms with van der Waals surface area (Å²) >= 11 is 1.35. The van der Waals surface area contributed by atoms with Crippen LogP contribution in [0, 0.1) is 0 Å². The van der Waals surface area contributed by atoms with E-state index < -0.39 is 5.97 Å². The summed E-state index contributed by atoms with van der Waals surface area (Å²) in [6.45, 7) is -0.340. The molecule has 0 saturated carbocycles. The van der Waals surface area contributed by atoms with E-state index in [0.29, 0.717) is 10.5 Å². The molecule has 2 aromatic carbocycles. The molecule has 0 unspecified atom stereocenters. The van der Waals surface area contributed by atoms with Crippen LogP contribution >= 0.6 is 11.3 Å². The molecule has 4 rings (SSSR count). The molecule has 0 aliphatic heterocycles. The molecular weight excluding hydrogens is 324 g/mol. The molecule has 0 fully saturated rings. The lowest BCUT2D eigenvalue weighted by Crippen LogP contribution is -2.12. The van der Waals surface area contributed by atoms with Crippen LogP contribution in [-0.2, 0) is 4.74 Å². The number of furan rings is 1. The number of benzene rings is 2. The van der Waals surface area contributed by atoms with Crippen LogP contribution in [0.25, 0.3) is 21.1 Å². The summed E-state index contributed by atoms with van der Waals surface area (Å²) in [6, 6.07) is 18.5. The first-order chi connectivity index (χ1) is 11.7. The van der Waals surface area contributed by atoms with Gasteiger partial charge >= 0.3 is 5.97 Å². The second kappa shape index (κ2) is 5.94. The number of ether oxygens (including phenoxy) is 1. The lowest BCUT2D eigenvalue weighted by Gasteiger charge is -2.00. The first-order valence-corrected chi connectivity index (χ1v) is 8.20. The number of carbonyl (C=O) groups is 2. The SMILES string of the molecule is O=C(COC(=O)c1cc2ccccc2s1)c1cc2ccccc2o1. The number of Topliss-reactive ketones (excluding diaryl/α,β-unsaturated/α-hetero) is 1. The lowest BCUT2D eigenvalue weighted by molar-refractivity contribution is 0.0473. The van der Waals surface area contributed by atoms with Gasteiger partial charge in [-0.15, -0.1) is 11.3 Å². The van der Waals surface area contributed by atoms with Gasteiger partial charge in [-0.3, -0.25) is 4.79 Å². The molecule has 0 N–H and O–H groups in total. The molecule has 2 heterocycles. The molecular formula is C19H12O4S. The van der Waals surface area contributed by atoms with E-state index in [4.69, 9.17) is 9.15 Å². The van der Waals surface area contributed by atoms with Gasteiger partial charge in [0.05, 0.1) is 0 Å². The van der Waals surface area contributed by atoms with E-state index >= 15 is 0 Å². The Balaban J connectivity index is 1.47. The van der Waals surface area contributed by atoms with Crippen LogP contribution in [0.3, 0.4) is 0 Å². The molecule has 118 valence electrons. The fraction of sp³-hybridized carbons (Fsp3) is 0.0526. The van der Waals surface area contributed by atoms with Crippen molar-refractivity contribution in [3.8, 4) is 0 Å². The molecule has 0 saturated heterocycles. The zero-order valence-corrected chi connectivity index (χ0v) is 13.3. The van der Waals surface area contributed by atoms with Crippen LogP contribution < -0.4 is 0 Å². The number of esters is 1. The molecule has 0 aliphatic carbocycles. The van der Waals surface area contributed by atoms with Crippen molar-refractivity contribution in [2.24, 2.45) is 0 Å². The van der Waals surface area contributed by atoms with Crippen LogP contribution in [0.4, 0.5) is 0 Å². The molecule has 4 nitrogen and oxygen atoms in total. The minimum absolute atomic E-state index is 0.195. The molecule has 4 aromatic rings. The summed E-state index contributed by atoms with van der Waals surface area (Å²) in [4.78, 5) is 24.8. The van der Waals surface area contributed by atoms with Gasteiger partial charge in [0.1, 0.15) is 10.5 Å². The maximum Gasteiger partial charge on any atom is 0.348 e. The number of hydrogen-bond donors (Lipinski definition) is 0. The van der Waals surface area contributed by atoms with Gasteiger partial charge in [-0.2, -0.15) is 0 Å². The number of carbonyl (C=O) groups excluding carboxylic acids is 2. The number of para-hydroxylation sites is 1. The fourth-order valence-corrected chi connectivity index (χ4v) is 3.43. The maximum atomic E-state index is 12.2. The van der Waals surface area contributed by atoms with Gasteiger partial charge in [0, 0.05) is 10.1 Å². The second-order valence-corrected chi connectivity index (χ2v) is 6.38. The van der Waals surface area contributed by atoms with Gasteiger partial charge in [0.2, 0.25) is 5.78 Å². The number of ketones is 1. The van der Waals surface area contributed by atoms with E-state index in [1.807, 2.05) is 42.5 Å². The van der Waals surface area contributed by atoms with Gasteiger partial charge in [-0.05, 0) is 29.7 Å². The quantitative estimate of drug-likeness (QED) is 0.401. The fourth-order valence-electron chi connectivity index (χ4n) is 2.48. The first kappa shape index (κ1) is 14.7. The summed E-state index contributed by atoms with van der Waals surface area (Å²) in [7, 11) is 0. The average molecular weight is 336 g/mol. The third kappa shape index (κ3) is 2.70. The van der Waals surface area contributed by atoms with Crippen molar-refractivity contribution in [3.05, 3.63) is 71.3 Å². The van der Waals surface area contributed by atoms with Gasteiger partial charge in [-0.25, -0.2) is 4.79 Å². The number of hydrogen-bond acceptors (Lipinski definition) is 5. The summed E-state index contributed by atoms with van der Waals surface area (Å²) < 4.78 is 11.6. The van der Waals surface area contributed by atoms with E-state index in [9.17, 15) is 9.59 Å². The van der Waals surface area contributed by atoms with Crippen LogP contribution in [0.1, 0.15) is 20.2 Å². The molecule has 24 heavy (non-hydrogen) atoms. The monoisotopic (exact) mass is 336 g/mol. The van der Waals surface area contributed by atoms with Gasteiger partial charge < -0.3 is 9.15 Å². The molecule has 0 aliphatic rings. The van der Waals surface area contributed by atoms with Crippen molar-refractivity contribution in [1.82, 2.24) is 0 Å². The molecule has 0 atom stereocenters. The summed E-state index contributed by atoms with van der Waals surface area (Å²) in [5.74, 6) is -0.665. The first-order valence-electron chi connectivity index (χ1n) is 7.38. The maximum absolute atomic E-state index is 12.2. The van der Waals surface area contributed by atoms with E-state index in [2.05, 4.69) is 0 Å². The van der Waals surface area contributed by atoms with E-state index in [0.717, 1.165) is 15.5 Å². The largest absolute Gasteiger partial charge is 0.453 e. The predicted octanol–water partition coefficient (Wildman–Crippen LogP) is 4.69. The van der Waals surface area contributed by atoms with Crippen molar-refractivity contribution in [2.75, 3.05) is 6.61 Å². The predicted molar refractivity (Wildman–Crippen MR) is 92.7 cm³/mol. The Hall–Kier alpha value is -2.92.